The molecule has 0 heterocycles. The second kappa shape index (κ2) is 4.76. The molecule has 0 aliphatic heterocycles. The Hall–Kier alpha value is -0.0900. The quantitative estimate of drug-likeness (QED) is 0.388. The average molecular weight is 197 g/mol. The Balaban J connectivity index is 3.26. The molecule has 54 valence electrons. The van der Waals surface area contributed by atoms with Crippen molar-refractivity contribution in [3.05, 3.63) is 0 Å². The van der Waals surface area contributed by atoms with Crippen molar-refractivity contribution >= 4 is 21.9 Å². The fourth-order valence-electron chi connectivity index (χ4n) is 0.296. The van der Waals surface area contributed by atoms with Gasteiger partial charge < -0.3 is 9.47 Å². The molecule has 0 aromatic carbocycles. The molecule has 0 rings (SSSR count). The third-order valence-electron chi connectivity index (χ3n) is 0.556. The van der Waals surface area contributed by atoms with Crippen molar-refractivity contribution in [2.75, 3.05) is 6.61 Å². The van der Waals surface area contributed by atoms with Crippen molar-refractivity contribution in [2.45, 2.75) is 19.0 Å². The van der Waals surface area contributed by atoms with E-state index in [0.717, 1.165) is 0 Å². The molecule has 0 fully saturated rings. The summed E-state index contributed by atoms with van der Waals surface area (Å²) >= 11 is 2.97. The molecule has 0 aliphatic carbocycles. The second-order valence-corrected chi connectivity index (χ2v) is 2.09. The van der Waals surface area contributed by atoms with Crippen LogP contribution in [-0.2, 0) is 14.3 Å². The predicted octanol–water partition coefficient (Wildman–Crippen LogP) is 1.26. The molecule has 0 aliphatic rings. The zero-order valence-electron chi connectivity index (χ0n) is 5.39. The van der Waals surface area contributed by atoms with Crippen molar-refractivity contribution in [1.29, 1.82) is 0 Å². The minimum Gasteiger partial charge on any atom is -0.425 e. The Kier molecular flexibility index (Phi) is 4.71. The van der Waals surface area contributed by atoms with Crippen molar-refractivity contribution < 1.29 is 14.3 Å². The number of hydrogen-bond acceptors (Lipinski definition) is 3. The van der Waals surface area contributed by atoms with Gasteiger partial charge in [0.15, 0.2) is 0 Å². The third-order valence-corrected chi connectivity index (χ3v) is 1.01. The summed E-state index contributed by atoms with van der Waals surface area (Å²) in [5, 5.41) is -0.597. The number of hydrogen-bond donors (Lipinski definition) is 0. The molecule has 0 saturated carbocycles. The molecule has 1 unspecified atom stereocenters. The number of esters is 1. The molecule has 4 heteroatoms. The molecule has 0 aromatic heterocycles. The standard InChI is InChI=1S/C5H9BrO3/c1-3-8-5(6)9-4(2)7/h5H,3H2,1-2H3. The molecule has 0 spiro atoms. The third kappa shape index (κ3) is 5.79. The molecule has 3 nitrogen and oxygen atoms in total. The first-order chi connectivity index (χ1) is 4.16. The molecule has 0 amide bonds. The Bertz CT molecular complexity index is 94.2. The van der Waals surface area contributed by atoms with Gasteiger partial charge >= 0.3 is 5.97 Å². The van der Waals surface area contributed by atoms with Gasteiger partial charge in [-0.15, -0.1) is 0 Å². The van der Waals surface area contributed by atoms with Crippen LogP contribution in [0.2, 0.25) is 0 Å². The van der Waals surface area contributed by atoms with Crippen LogP contribution in [0.5, 0.6) is 0 Å². The summed E-state index contributed by atoms with van der Waals surface area (Å²) in [6.45, 7) is 3.66. The number of rotatable bonds is 3. The minimum atomic E-state index is -0.597. The zero-order chi connectivity index (χ0) is 7.28. The lowest BCUT2D eigenvalue weighted by molar-refractivity contribution is -0.157. The van der Waals surface area contributed by atoms with Crippen LogP contribution < -0.4 is 0 Å². The Labute approximate surface area is 62.5 Å². The summed E-state index contributed by atoms with van der Waals surface area (Å²) in [4.78, 5) is 10.2. The van der Waals surface area contributed by atoms with Gasteiger partial charge in [-0.25, -0.2) is 0 Å². The van der Waals surface area contributed by atoms with Crippen molar-refractivity contribution in [3.63, 3.8) is 0 Å². The van der Waals surface area contributed by atoms with Crippen molar-refractivity contribution in [1.82, 2.24) is 0 Å². The summed E-state index contributed by atoms with van der Waals surface area (Å²) in [7, 11) is 0. The highest BCUT2D eigenvalue weighted by atomic mass is 79.9. The van der Waals surface area contributed by atoms with Crippen LogP contribution >= 0.6 is 15.9 Å². The summed E-state index contributed by atoms with van der Waals surface area (Å²) in [6.07, 6.45) is 0. The van der Waals surface area contributed by atoms with Crippen LogP contribution in [0.25, 0.3) is 0 Å². The van der Waals surface area contributed by atoms with Gasteiger partial charge in [0, 0.05) is 13.5 Å². The number of carbonyl (C=O) groups excluding carboxylic acids is 1. The van der Waals surface area contributed by atoms with Crippen LogP contribution in [0.3, 0.4) is 0 Å². The maximum Gasteiger partial charge on any atom is 0.305 e. The Morgan fingerprint density at radius 2 is 2.33 bits per heavy atom. The van der Waals surface area contributed by atoms with E-state index < -0.39 is 5.20 Å². The largest absolute Gasteiger partial charge is 0.425 e. The number of carbonyl (C=O) groups is 1. The lowest BCUT2D eigenvalue weighted by atomic mass is 10.8. The second-order valence-electron chi connectivity index (χ2n) is 1.34. The van der Waals surface area contributed by atoms with E-state index in [4.69, 9.17) is 4.74 Å². The summed E-state index contributed by atoms with van der Waals surface area (Å²) in [5.74, 6) is -0.356. The first kappa shape index (κ1) is 8.91. The lowest BCUT2D eigenvalue weighted by Gasteiger charge is -2.07. The van der Waals surface area contributed by atoms with Crippen LogP contribution in [0.1, 0.15) is 13.8 Å². The minimum absolute atomic E-state index is 0.356. The highest BCUT2D eigenvalue weighted by Crippen LogP contribution is 2.02. The van der Waals surface area contributed by atoms with E-state index in [9.17, 15) is 4.79 Å². The van der Waals surface area contributed by atoms with Gasteiger partial charge in [0.2, 0.25) is 0 Å². The van der Waals surface area contributed by atoms with Gasteiger partial charge in [-0.1, -0.05) is 0 Å². The lowest BCUT2D eigenvalue weighted by Crippen LogP contribution is -2.12. The number of halogens is 1. The zero-order valence-corrected chi connectivity index (χ0v) is 6.97. The van der Waals surface area contributed by atoms with Crippen LogP contribution in [0, 0.1) is 0 Å². The normalized spacial score (nSPS) is 12.8. The highest BCUT2D eigenvalue weighted by Gasteiger charge is 2.03. The van der Waals surface area contributed by atoms with E-state index in [-0.39, 0.29) is 5.97 Å². The number of ether oxygens (including phenoxy) is 2. The SMILES string of the molecule is CCOC(Br)OC(C)=O. The van der Waals surface area contributed by atoms with E-state index >= 15 is 0 Å². The van der Waals surface area contributed by atoms with E-state index in [1.807, 2.05) is 6.92 Å². The van der Waals surface area contributed by atoms with Gasteiger partial charge in [0.1, 0.15) is 0 Å². The van der Waals surface area contributed by atoms with E-state index in [1.165, 1.54) is 6.92 Å². The maximum atomic E-state index is 10.2. The average Bonchev–Trinajstić information content (AvgIpc) is 1.63. The maximum absolute atomic E-state index is 10.2. The summed E-state index contributed by atoms with van der Waals surface area (Å²) < 4.78 is 9.37. The van der Waals surface area contributed by atoms with Crippen molar-refractivity contribution in [3.8, 4) is 0 Å². The molecule has 1 atom stereocenters. The van der Waals surface area contributed by atoms with E-state index in [2.05, 4.69) is 20.7 Å². The van der Waals surface area contributed by atoms with Gasteiger partial charge in [0.25, 0.3) is 5.20 Å². The fraction of sp³-hybridized carbons (Fsp3) is 0.800. The predicted molar refractivity (Wildman–Crippen MR) is 36.1 cm³/mol. The first-order valence-electron chi connectivity index (χ1n) is 2.59. The van der Waals surface area contributed by atoms with Gasteiger partial charge in [-0.2, -0.15) is 0 Å². The van der Waals surface area contributed by atoms with Crippen LogP contribution in [0.4, 0.5) is 0 Å². The monoisotopic (exact) mass is 196 g/mol. The fourth-order valence-corrected chi connectivity index (χ4v) is 0.823. The molecular formula is C5H9BrO3. The van der Waals surface area contributed by atoms with Gasteiger partial charge in [-0.05, 0) is 22.9 Å². The molecule has 9 heavy (non-hydrogen) atoms. The topological polar surface area (TPSA) is 35.5 Å². The van der Waals surface area contributed by atoms with Crippen LogP contribution in [0.15, 0.2) is 0 Å². The van der Waals surface area contributed by atoms with Gasteiger partial charge in [0.05, 0.1) is 0 Å². The van der Waals surface area contributed by atoms with E-state index in [1.54, 1.807) is 0 Å². The van der Waals surface area contributed by atoms with Gasteiger partial charge in [-0.3, -0.25) is 4.79 Å². The molecule has 0 saturated heterocycles. The molecule has 0 N–H and O–H groups in total. The smallest absolute Gasteiger partial charge is 0.305 e. The number of alkyl halides is 1. The Morgan fingerprint density at radius 3 is 2.67 bits per heavy atom. The van der Waals surface area contributed by atoms with Crippen LogP contribution in [-0.4, -0.2) is 17.8 Å². The highest BCUT2D eigenvalue weighted by molar-refractivity contribution is 9.09. The Morgan fingerprint density at radius 1 is 1.78 bits per heavy atom. The molecule has 0 aromatic rings. The summed E-state index contributed by atoms with van der Waals surface area (Å²) in [6, 6.07) is 0. The molecular weight excluding hydrogens is 188 g/mol. The first-order valence-corrected chi connectivity index (χ1v) is 3.51. The summed E-state index contributed by atoms with van der Waals surface area (Å²) in [5.41, 5.74) is 0. The van der Waals surface area contributed by atoms with Crippen molar-refractivity contribution in [2.24, 2.45) is 0 Å². The molecule has 0 bridgehead atoms. The van der Waals surface area contributed by atoms with E-state index in [0.29, 0.717) is 6.61 Å². The molecule has 0 radical (unpaired) electrons.